The molecule has 2 aromatic heterocycles. The van der Waals surface area contributed by atoms with Gasteiger partial charge in [0, 0.05) is 6.54 Å². The molecule has 0 saturated heterocycles. The van der Waals surface area contributed by atoms with Crippen LogP contribution in [0.25, 0.3) is 21.9 Å². The Hall–Kier alpha value is -2.67. The first-order valence-electron chi connectivity index (χ1n) is 8.54. The van der Waals surface area contributed by atoms with E-state index in [9.17, 15) is 4.79 Å². The molecule has 132 valence electrons. The third kappa shape index (κ3) is 3.10. The quantitative estimate of drug-likeness (QED) is 0.506. The summed E-state index contributed by atoms with van der Waals surface area (Å²) < 4.78 is 3.61. The Bertz CT molecular complexity index is 1130. The lowest BCUT2D eigenvalue weighted by Gasteiger charge is -2.11. The lowest BCUT2D eigenvalue weighted by molar-refractivity contribution is 0.504. The summed E-state index contributed by atoms with van der Waals surface area (Å²) in [7, 11) is 0. The van der Waals surface area contributed by atoms with Crippen LogP contribution >= 0.6 is 11.8 Å². The van der Waals surface area contributed by atoms with Gasteiger partial charge in [-0.25, -0.2) is 4.98 Å². The van der Waals surface area contributed by atoms with Crippen LogP contribution in [0.1, 0.15) is 13.8 Å². The maximum atomic E-state index is 12.6. The van der Waals surface area contributed by atoms with Gasteiger partial charge in [0.15, 0.2) is 5.16 Å². The van der Waals surface area contributed by atoms with Crippen molar-refractivity contribution in [2.24, 2.45) is 5.92 Å². The monoisotopic (exact) mass is 365 g/mol. The van der Waals surface area contributed by atoms with Gasteiger partial charge in [-0.2, -0.15) is 4.68 Å². The van der Waals surface area contributed by atoms with Crippen LogP contribution in [-0.4, -0.2) is 24.5 Å². The van der Waals surface area contributed by atoms with Crippen molar-refractivity contribution < 1.29 is 0 Å². The second-order valence-corrected chi connectivity index (χ2v) is 7.48. The Balaban J connectivity index is 1.68. The Morgan fingerprint density at radius 2 is 1.77 bits per heavy atom. The normalized spacial score (nSPS) is 11.7. The van der Waals surface area contributed by atoms with Crippen molar-refractivity contribution in [3.05, 3.63) is 58.9 Å². The van der Waals surface area contributed by atoms with E-state index >= 15 is 0 Å². The molecule has 7 heteroatoms. The first-order chi connectivity index (χ1) is 12.6. The lowest BCUT2D eigenvalue weighted by atomic mass is 10.2. The minimum absolute atomic E-state index is 0.130. The highest BCUT2D eigenvalue weighted by Crippen LogP contribution is 2.25. The van der Waals surface area contributed by atoms with Crippen molar-refractivity contribution in [2.45, 2.75) is 31.4 Å². The summed E-state index contributed by atoms with van der Waals surface area (Å²) >= 11 is 1.50. The minimum atomic E-state index is -0.130. The summed E-state index contributed by atoms with van der Waals surface area (Å²) in [5.74, 6) is 0.869. The fourth-order valence-electron chi connectivity index (χ4n) is 2.93. The third-order valence-electron chi connectivity index (χ3n) is 4.11. The van der Waals surface area contributed by atoms with Crippen molar-refractivity contribution in [2.75, 3.05) is 0 Å². The van der Waals surface area contributed by atoms with Crippen LogP contribution in [-0.2, 0) is 12.4 Å². The fourth-order valence-corrected chi connectivity index (χ4v) is 3.83. The minimum Gasteiger partial charge on any atom is -0.319 e. The summed E-state index contributed by atoms with van der Waals surface area (Å²) in [4.78, 5) is 17.3. The average molecular weight is 365 g/mol. The van der Waals surface area contributed by atoms with Gasteiger partial charge < -0.3 is 4.57 Å². The molecule has 0 spiro atoms. The molecule has 0 atom stereocenters. The molecule has 6 nitrogen and oxygen atoms in total. The summed E-state index contributed by atoms with van der Waals surface area (Å²) in [6, 6.07) is 15.4. The van der Waals surface area contributed by atoms with Crippen LogP contribution in [0.15, 0.2) is 58.5 Å². The van der Waals surface area contributed by atoms with Crippen LogP contribution in [0.5, 0.6) is 0 Å². The van der Waals surface area contributed by atoms with Crippen LogP contribution < -0.4 is 5.56 Å². The average Bonchev–Trinajstić information content (AvgIpc) is 2.98. The van der Waals surface area contributed by atoms with Gasteiger partial charge in [-0.05, 0) is 30.2 Å². The Kier molecular flexibility index (Phi) is 4.46. The number of para-hydroxylation sites is 2. The highest BCUT2D eigenvalue weighted by atomic mass is 32.2. The molecule has 0 aliphatic rings. The van der Waals surface area contributed by atoms with Gasteiger partial charge in [-0.3, -0.25) is 4.79 Å². The van der Waals surface area contributed by atoms with E-state index in [2.05, 4.69) is 34.8 Å². The molecule has 4 rings (SSSR count). The molecule has 2 aromatic carbocycles. The van der Waals surface area contributed by atoms with Crippen LogP contribution in [0.2, 0.25) is 0 Å². The molecule has 26 heavy (non-hydrogen) atoms. The van der Waals surface area contributed by atoms with Gasteiger partial charge in [-0.1, -0.05) is 55.1 Å². The van der Waals surface area contributed by atoms with Gasteiger partial charge in [0.05, 0.1) is 22.3 Å². The molecule has 0 aliphatic carbocycles. The van der Waals surface area contributed by atoms with Gasteiger partial charge in [0.1, 0.15) is 5.52 Å². The SMILES string of the molecule is CC(C)Cn1c(SCn2nnc3ccccc3c2=O)nc2ccccc21. The predicted molar refractivity (Wildman–Crippen MR) is 104 cm³/mol. The zero-order valence-electron chi connectivity index (χ0n) is 14.7. The van der Waals surface area contributed by atoms with E-state index in [1.807, 2.05) is 30.3 Å². The van der Waals surface area contributed by atoms with Gasteiger partial charge in [0.25, 0.3) is 5.56 Å². The van der Waals surface area contributed by atoms with Gasteiger partial charge in [-0.15, -0.1) is 5.10 Å². The van der Waals surface area contributed by atoms with Crippen molar-refractivity contribution in [3.63, 3.8) is 0 Å². The molecule has 4 aromatic rings. The number of fused-ring (bicyclic) bond motifs is 2. The van der Waals surface area contributed by atoms with Gasteiger partial charge >= 0.3 is 0 Å². The molecule has 0 aliphatic heterocycles. The second kappa shape index (κ2) is 6.92. The van der Waals surface area contributed by atoms with E-state index in [-0.39, 0.29) is 5.56 Å². The zero-order valence-corrected chi connectivity index (χ0v) is 15.5. The van der Waals surface area contributed by atoms with E-state index in [4.69, 9.17) is 4.98 Å². The molecule has 2 heterocycles. The maximum Gasteiger partial charge on any atom is 0.278 e. The number of nitrogens with zero attached hydrogens (tertiary/aromatic N) is 5. The van der Waals surface area contributed by atoms with Crippen LogP contribution in [0, 0.1) is 5.92 Å². The molecule has 0 saturated carbocycles. The molecule has 0 fully saturated rings. The third-order valence-corrected chi connectivity index (χ3v) is 5.06. The Labute approximate surface area is 154 Å². The van der Waals surface area contributed by atoms with E-state index < -0.39 is 0 Å². The van der Waals surface area contributed by atoms with E-state index in [1.54, 1.807) is 12.1 Å². The largest absolute Gasteiger partial charge is 0.319 e. The Morgan fingerprint density at radius 1 is 1.04 bits per heavy atom. The maximum absolute atomic E-state index is 12.6. The predicted octanol–water partition coefficient (Wildman–Crippen LogP) is 3.55. The number of benzene rings is 2. The molecular formula is C19H19N5OS. The molecule has 0 N–H and O–H groups in total. The highest BCUT2D eigenvalue weighted by molar-refractivity contribution is 7.98. The van der Waals surface area contributed by atoms with Crippen LogP contribution in [0.3, 0.4) is 0 Å². The lowest BCUT2D eigenvalue weighted by Crippen LogP contribution is -2.23. The highest BCUT2D eigenvalue weighted by Gasteiger charge is 2.13. The molecule has 0 bridgehead atoms. The summed E-state index contributed by atoms with van der Waals surface area (Å²) in [6.45, 7) is 5.24. The van der Waals surface area contributed by atoms with Crippen molar-refractivity contribution >= 4 is 33.7 Å². The molecule has 0 unspecified atom stereocenters. The first kappa shape index (κ1) is 16.8. The van der Waals surface area contributed by atoms with Crippen molar-refractivity contribution in [1.82, 2.24) is 24.5 Å². The first-order valence-corrected chi connectivity index (χ1v) is 9.52. The van der Waals surface area contributed by atoms with E-state index in [1.165, 1.54) is 16.4 Å². The van der Waals surface area contributed by atoms with Crippen molar-refractivity contribution in [1.29, 1.82) is 0 Å². The standard InChI is InChI=1S/C19H19N5OS/c1-13(2)11-23-17-10-6-5-9-16(17)20-19(23)26-12-24-18(25)14-7-3-4-8-15(14)21-22-24/h3-10,13H,11-12H2,1-2H3. The van der Waals surface area contributed by atoms with E-state index in [0.717, 1.165) is 22.7 Å². The summed E-state index contributed by atoms with van der Waals surface area (Å²) in [5, 5.41) is 9.68. The fraction of sp³-hybridized carbons (Fsp3) is 0.263. The Morgan fingerprint density at radius 3 is 2.58 bits per heavy atom. The summed E-state index contributed by atoms with van der Waals surface area (Å²) in [5.41, 5.74) is 2.56. The number of hydrogen-bond acceptors (Lipinski definition) is 5. The topological polar surface area (TPSA) is 65.6 Å². The number of rotatable bonds is 5. The van der Waals surface area contributed by atoms with Crippen LogP contribution in [0.4, 0.5) is 0 Å². The second-order valence-electron chi connectivity index (χ2n) is 6.57. The number of imidazole rings is 1. The smallest absolute Gasteiger partial charge is 0.278 e. The number of hydrogen-bond donors (Lipinski definition) is 0. The summed E-state index contributed by atoms with van der Waals surface area (Å²) in [6.07, 6.45) is 0. The van der Waals surface area contributed by atoms with Gasteiger partial charge in [0.2, 0.25) is 0 Å². The van der Waals surface area contributed by atoms with E-state index in [0.29, 0.717) is 22.7 Å². The number of aromatic nitrogens is 5. The molecule has 0 amide bonds. The number of thioether (sulfide) groups is 1. The molecular weight excluding hydrogens is 346 g/mol. The van der Waals surface area contributed by atoms with Crippen molar-refractivity contribution in [3.8, 4) is 0 Å². The molecule has 0 radical (unpaired) electrons. The zero-order chi connectivity index (χ0) is 18.1.